The van der Waals surface area contributed by atoms with Crippen LogP contribution in [-0.4, -0.2) is 32.0 Å². The minimum atomic E-state index is 0.334. The number of hydrogen-bond donors (Lipinski definition) is 1. The van der Waals surface area contributed by atoms with Gasteiger partial charge in [-0.15, -0.1) is 0 Å². The predicted molar refractivity (Wildman–Crippen MR) is 99.8 cm³/mol. The summed E-state index contributed by atoms with van der Waals surface area (Å²) in [6.07, 6.45) is 1.63. The Hall–Kier alpha value is -3.11. The van der Waals surface area contributed by atoms with Crippen molar-refractivity contribution in [2.45, 2.75) is 20.5 Å². The number of pyridine rings is 1. The third-order valence-electron chi connectivity index (χ3n) is 3.51. The van der Waals surface area contributed by atoms with Crippen LogP contribution in [0.2, 0.25) is 0 Å². The van der Waals surface area contributed by atoms with Crippen LogP contribution in [0.4, 0.5) is 5.82 Å². The molecule has 1 aromatic carbocycles. The first-order chi connectivity index (χ1) is 12.6. The zero-order chi connectivity index (χ0) is 18.9. The molecule has 1 N–H and O–H groups in total. The van der Waals surface area contributed by atoms with E-state index in [-0.39, 0.29) is 0 Å². The summed E-state index contributed by atoms with van der Waals surface area (Å²) in [6.45, 7) is 4.64. The molecule has 7 nitrogen and oxygen atoms in total. The van der Waals surface area contributed by atoms with Gasteiger partial charge in [0.1, 0.15) is 11.6 Å². The summed E-state index contributed by atoms with van der Waals surface area (Å²) >= 11 is 0. The van der Waals surface area contributed by atoms with Crippen molar-refractivity contribution in [2.24, 2.45) is 5.10 Å². The Morgan fingerprint density at radius 1 is 1.27 bits per heavy atom. The lowest BCUT2D eigenvalue weighted by atomic mass is 10.1. The molecule has 0 aliphatic carbocycles. The molecular formula is C19H22N4O3. The number of ether oxygens (including phenoxy) is 3. The molecule has 0 atom stereocenters. The molecule has 0 fully saturated rings. The van der Waals surface area contributed by atoms with Gasteiger partial charge in [-0.2, -0.15) is 10.4 Å². The van der Waals surface area contributed by atoms with E-state index >= 15 is 0 Å². The van der Waals surface area contributed by atoms with Crippen LogP contribution >= 0.6 is 0 Å². The van der Waals surface area contributed by atoms with Crippen molar-refractivity contribution in [3.63, 3.8) is 0 Å². The van der Waals surface area contributed by atoms with E-state index in [0.717, 1.165) is 16.8 Å². The van der Waals surface area contributed by atoms with Crippen LogP contribution < -0.4 is 14.9 Å². The third kappa shape index (κ3) is 4.71. The zero-order valence-electron chi connectivity index (χ0n) is 15.4. The van der Waals surface area contributed by atoms with Crippen LogP contribution in [0.3, 0.4) is 0 Å². The molecule has 1 aromatic heterocycles. The van der Waals surface area contributed by atoms with Crippen molar-refractivity contribution in [1.82, 2.24) is 4.98 Å². The summed E-state index contributed by atoms with van der Waals surface area (Å²) in [4.78, 5) is 4.34. The molecule has 2 aromatic rings. The molecule has 0 saturated heterocycles. The molecule has 2 rings (SSSR count). The Balaban J connectivity index is 2.23. The van der Waals surface area contributed by atoms with E-state index in [4.69, 9.17) is 14.2 Å². The largest absolute Gasteiger partial charge is 0.493 e. The van der Waals surface area contributed by atoms with Gasteiger partial charge in [0, 0.05) is 18.4 Å². The minimum absolute atomic E-state index is 0.334. The fraction of sp³-hybridized carbons (Fsp3) is 0.316. The lowest BCUT2D eigenvalue weighted by Gasteiger charge is -2.10. The molecule has 0 spiro atoms. The fourth-order valence-electron chi connectivity index (χ4n) is 2.43. The first-order valence-electron chi connectivity index (χ1n) is 8.12. The monoisotopic (exact) mass is 354 g/mol. The second-order valence-electron chi connectivity index (χ2n) is 5.40. The number of nitriles is 1. The summed E-state index contributed by atoms with van der Waals surface area (Å²) in [5, 5.41) is 13.6. The second-order valence-corrected chi connectivity index (χ2v) is 5.40. The van der Waals surface area contributed by atoms with E-state index in [1.54, 1.807) is 20.4 Å². The Morgan fingerprint density at radius 2 is 2.08 bits per heavy atom. The maximum atomic E-state index is 9.42. The third-order valence-corrected chi connectivity index (χ3v) is 3.51. The van der Waals surface area contributed by atoms with Gasteiger partial charge in [0.15, 0.2) is 17.3 Å². The molecular weight excluding hydrogens is 332 g/mol. The highest BCUT2D eigenvalue weighted by Gasteiger charge is 2.11. The first-order valence-corrected chi connectivity index (χ1v) is 8.12. The van der Waals surface area contributed by atoms with Gasteiger partial charge < -0.3 is 14.2 Å². The summed E-state index contributed by atoms with van der Waals surface area (Å²) < 4.78 is 16.0. The van der Waals surface area contributed by atoms with Crippen LogP contribution in [0.25, 0.3) is 0 Å². The summed E-state index contributed by atoms with van der Waals surface area (Å²) in [7, 11) is 3.18. The molecule has 0 aliphatic rings. The van der Waals surface area contributed by atoms with E-state index in [9.17, 15) is 5.26 Å². The standard InChI is InChI=1S/C19H22N4O3/c1-5-26-18-9-14(6-7-17(18)25-4)11-21-23-19-16(10-20)15(12-24-3)8-13(2)22-19/h6-9,11H,5,12H2,1-4H3,(H,22,23)/b21-11-. The topological polar surface area (TPSA) is 88.8 Å². The van der Waals surface area contributed by atoms with Gasteiger partial charge in [0.2, 0.25) is 0 Å². The second kappa shape index (κ2) is 9.39. The number of nitrogens with one attached hydrogen (secondary N) is 1. The lowest BCUT2D eigenvalue weighted by Crippen LogP contribution is -2.03. The van der Waals surface area contributed by atoms with Crippen LogP contribution in [0, 0.1) is 18.3 Å². The summed E-state index contributed by atoms with van der Waals surface area (Å²) in [5.74, 6) is 1.70. The van der Waals surface area contributed by atoms with Gasteiger partial charge in [-0.25, -0.2) is 4.98 Å². The van der Waals surface area contributed by atoms with Crippen LogP contribution in [0.5, 0.6) is 11.5 Å². The number of anilines is 1. The zero-order valence-corrected chi connectivity index (χ0v) is 15.4. The SMILES string of the molecule is CCOc1cc(/C=N\Nc2nc(C)cc(COC)c2C#N)ccc1OC. The van der Waals surface area contributed by atoms with Gasteiger partial charge in [0.25, 0.3) is 0 Å². The molecule has 0 bridgehead atoms. The number of rotatable bonds is 8. The number of benzene rings is 1. The van der Waals surface area contributed by atoms with Gasteiger partial charge in [-0.1, -0.05) is 0 Å². The highest BCUT2D eigenvalue weighted by Crippen LogP contribution is 2.27. The molecule has 0 amide bonds. The molecule has 0 aliphatic heterocycles. The van der Waals surface area contributed by atoms with Crippen molar-refractivity contribution >= 4 is 12.0 Å². The fourth-order valence-corrected chi connectivity index (χ4v) is 2.43. The van der Waals surface area contributed by atoms with Crippen molar-refractivity contribution < 1.29 is 14.2 Å². The molecule has 0 unspecified atom stereocenters. The van der Waals surface area contributed by atoms with Crippen molar-refractivity contribution in [3.8, 4) is 17.6 Å². The number of aromatic nitrogens is 1. The van der Waals surface area contributed by atoms with E-state index in [2.05, 4.69) is 21.6 Å². The Bertz CT molecular complexity index is 828. The van der Waals surface area contributed by atoms with Gasteiger partial charge in [-0.05, 0) is 43.7 Å². The predicted octanol–water partition coefficient (Wildman–Crippen LogP) is 3.26. The normalized spacial score (nSPS) is 10.6. The summed E-state index contributed by atoms with van der Waals surface area (Å²) in [6, 6.07) is 9.48. The molecule has 0 saturated carbocycles. The number of nitrogens with zero attached hydrogens (tertiary/aromatic N) is 3. The van der Waals surface area contributed by atoms with E-state index in [1.165, 1.54) is 0 Å². The van der Waals surface area contributed by atoms with E-state index in [1.807, 2.05) is 38.1 Å². The smallest absolute Gasteiger partial charge is 0.164 e. The van der Waals surface area contributed by atoms with Crippen molar-refractivity contribution in [1.29, 1.82) is 5.26 Å². The Kier molecular flexibility index (Phi) is 6.94. The lowest BCUT2D eigenvalue weighted by molar-refractivity contribution is 0.184. The number of aryl methyl sites for hydroxylation is 1. The average molecular weight is 354 g/mol. The number of hydrazone groups is 1. The van der Waals surface area contributed by atoms with Crippen molar-refractivity contribution in [3.05, 3.63) is 46.6 Å². The highest BCUT2D eigenvalue weighted by molar-refractivity contribution is 5.81. The van der Waals surface area contributed by atoms with Gasteiger partial charge in [0.05, 0.1) is 26.5 Å². The molecule has 1 heterocycles. The van der Waals surface area contributed by atoms with Crippen molar-refractivity contribution in [2.75, 3.05) is 26.3 Å². The molecule has 0 radical (unpaired) electrons. The Morgan fingerprint density at radius 3 is 2.73 bits per heavy atom. The van der Waals surface area contributed by atoms with E-state index < -0.39 is 0 Å². The maximum Gasteiger partial charge on any atom is 0.164 e. The highest BCUT2D eigenvalue weighted by atomic mass is 16.5. The van der Waals surface area contributed by atoms with Gasteiger partial charge >= 0.3 is 0 Å². The number of hydrogen-bond acceptors (Lipinski definition) is 7. The number of methoxy groups -OCH3 is 2. The van der Waals surface area contributed by atoms with Gasteiger partial charge in [-0.3, -0.25) is 5.43 Å². The van der Waals surface area contributed by atoms with Crippen LogP contribution in [0.15, 0.2) is 29.4 Å². The summed E-state index contributed by atoms with van der Waals surface area (Å²) in [5.41, 5.74) is 5.62. The van der Waals surface area contributed by atoms with E-state index in [0.29, 0.717) is 36.1 Å². The molecule has 136 valence electrons. The molecule has 7 heteroatoms. The minimum Gasteiger partial charge on any atom is -0.493 e. The molecule has 26 heavy (non-hydrogen) atoms. The van der Waals surface area contributed by atoms with Crippen LogP contribution in [-0.2, 0) is 11.3 Å². The quantitative estimate of drug-likeness (QED) is 0.578. The van der Waals surface area contributed by atoms with Crippen LogP contribution in [0.1, 0.15) is 29.3 Å². The maximum absolute atomic E-state index is 9.42. The average Bonchev–Trinajstić information content (AvgIpc) is 2.62. The first kappa shape index (κ1) is 19.2. The Labute approximate surface area is 153 Å².